The number of fused-ring (bicyclic) bond motifs is 1. The molecule has 0 aliphatic carbocycles. The number of benzene rings is 4. The molecular formula is C28H23BrN2O4. The van der Waals surface area contributed by atoms with Crippen LogP contribution in [0.1, 0.15) is 39.6 Å². The van der Waals surface area contributed by atoms with Crippen molar-refractivity contribution in [1.82, 2.24) is 5.43 Å². The molecule has 0 spiro atoms. The Hall–Kier alpha value is -3.97. The van der Waals surface area contributed by atoms with E-state index in [0.717, 1.165) is 21.7 Å². The minimum atomic E-state index is -0.510. The second-order valence-corrected chi connectivity index (χ2v) is 8.59. The molecule has 0 radical (unpaired) electrons. The third-order valence-electron chi connectivity index (χ3n) is 5.14. The number of halogens is 1. The van der Waals surface area contributed by atoms with E-state index >= 15 is 0 Å². The maximum absolute atomic E-state index is 12.7. The molecule has 4 rings (SSSR count). The van der Waals surface area contributed by atoms with E-state index in [1.165, 1.54) is 6.21 Å². The fraction of sp³-hybridized carbons (Fsp3) is 0.107. The van der Waals surface area contributed by atoms with Crippen LogP contribution in [0.4, 0.5) is 0 Å². The summed E-state index contributed by atoms with van der Waals surface area (Å²) in [6.07, 6.45) is 2.35. The quantitative estimate of drug-likeness (QED) is 0.124. The summed E-state index contributed by atoms with van der Waals surface area (Å²) in [6.45, 7) is 2.64. The average Bonchev–Trinajstić information content (AvgIpc) is 2.88. The van der Waals surface area contributed by atoms with Crippen molar-refractivity contribution in [2.45, 2.75) is 13.3 Å². The number of esters is 1. The van der Waals surface area contributed by atoms with Crippen molar-refractivity contribution in [3.63, 3.8) is 0 Å². The van der Waals surface area contributed by atoms with Crippen LogP contribution in [0.5, 0.6) is 11.5 Å². The molecule has 0 unspecified atom stereocenters. The third-order valence-corrected chi connectivity index (χ3v) is 5.63. The number of nitrogens with one attached hydrogen (secondary N) is 1. The SMILES string of the molecule is CCCOc1ccc(C(=O)Oc2ccc(Br)cc2/C=N\NC(=O)c2cccc3ccccc23)cc1. The average molecular weight is 531 g/mol. The smallest absolute Gasteiger partial charge is 0.343 e. The molecular weight excluding hydrogens is 508 g/mol. The number of hydrogen-bond acceptors (Lipinski definition) is 5. The predicted molar refractivity (Wildman–Crippen MR) is 140 cm³/mol. The van der Waals surface area contributed by atoms with Crippen LogP contribution in [-0.4, -0.2) is 24.7 Å². The summed E-state index contributed by atoms with van der Waals surface area (Å²) in [7, 11) is 0. The molecule has 0 aliphatic rings. The Labute approximate surface area is 211 Å². The first-order chi connectivity index (χ1) is 17.0. The van der Waals surface area contributed by atoms with Gasteiger partial charge in [0.05, 0.1) is 18.4 Å². The number of hydrazone groups is 1. The molecule has 6 nitrogen and oxygen atoms in total. The van der Waals surface area contributed by atoms with E-state index < -0.39 is 5.97 Å². The molecule has 4 aromatic carbocycles. The molecule has 35 heavy (non-hydrogen) atoms. The van der Waals surface area contributed by atoms with Gasteiger partial charge in [-0.3, -0.25) is 4.79 Å². The van der Waals surface area contributed by atoms with Crippen molar-refractivity contribution in [1.29, 1.82) is 0 Å². The van der Waals surface area contributed by atoms with E-state index in [1.807, 2.05) is 43.3 Å². The Morgan fingerprint density at radius 3 is 2.54 bits per heavy atom. The zero-order valence-corrected chi connectivity index (χ0v) is 20.6. The molecule has 176 valence electrons. The van der Waals surface area contributed by atoms with Gasteiger partial charge in [0.25, 0.3) is 5.91 Å². The Morgan fingerprint density at radius 2 is 1.74 bits per heavy atom. The topological polar surface area (TPSA) is 77.0 Å². The van der Waals surface area contributed by atoms with Gasteiger partial charge in [-0.1, -0.05) is 59.3 Å². The summed E-state index contributed by atoms with van der Waals surface area (Å²) >= 11 is 3.42. The number of amides is 1. The summed E-state index contributed by atoms with van der Waals surface area (Å²) in [6, 6.07) is 25.1. The summed E-state index contributed by atoms with van der Waals surface area (Å²) < 4.78 is 11.9. The number of rotatable bonds is 8. The highest BCUT2D eigenvalue weighted by molar-refractivity contribution is 9.10. The Balaban J connectivity index is 1.47. The largest absolute Gasteiger partial charge is 0.494 e. The Bertz CT molecular complexity index is 1380. The first-order valence-corrected chi connectivity index (χ1v) is 11.9. The van der Waals surface area contributed by atoms with E-state index in [2.05, 4.69) is 26.5 Å². The van der Waals surface area contributed by atoms with Crippen LogP contribution in [0.25, 0.3) is 10.8 Å². The highest BCUT2D eigenvalue weighted by Gasteiger charge is 2.13. The van der Waals surface area contributed by atoms with Crippen LogP contribution in [0, 0.1) is 0 Å². The number of carbonyl (C=O) groups excluding carboxylic acids is 2. The van der Waals surface area contributed by atoms with Crippen LogP contribution < -0.4 is 14.9 Å². The molecule has 0 heterocycles. The fourth-order valence-corrected chi connectivity index (χ4v) is 3.80. The molecule has 0 bridgehead atoms. The summed E-state index contributed by atoms with van der Waals surface area (Å²) in [5.74, 6) is 0.162. The van der Waals surface area contributed by atoms with E-state index in [0.29, 0.717) is 34.8 Å². The van der Waals surface area contributed by atoms with Crippen molar-refractivity contribution in [2.24, 2.45) is 5.10 Å². The molecule has 0 fully saturated rings. The van der Waals surface area contributed by atoms with Gasteiger partial charge in [0.1, 0.15) is 11.5 Å². The van der Waals surface area contributed by atoms with E-state index in [1.54, 1.807) is 48.5 Å². The van der Waals surface area contributed by atoms with Crippen LogP contribution in [0.2, 0.25) is 0 Å². The van der Waals surface area contributed by atoms with Crippen LogP contribution in [0.15, 0.2) is 94.5 Å². The number of nitrogens with zero attached hydrogens (tertiary/aromatic N) is 1. The number of carbonyl (C=O) groups is 2. The van der Waals surface area contributed by atoms with Gasteiger partial charge in [-0.25, -0.2) is 10.2 Å². The zero-order valence-electron chi connectivity index (χ0n) is 19.0. The van der Waals surface area contributed by atoms with E-state index in [4.69, 9.17) is 9.47 Å². The maximum atomic E-state index is 12.7. The van der Waals surface area contributed by atoms with Crippen LogP contribution >= 0.6 is 15.9 Å². The molecule has 1 N–H and O–H groups in total. The van der Waals surface area contributed by atoms with Crippen LogP contribution in [-0.2, 0) is 0 Å². The molecule has 0 saturated heterocycles. The lowest BCUT2D eigenvalue weighted by Gasteiger charge is -2.09. The summed E-state index contributed by atoms with van der Waals surface area (Å²) in [5, 5.41) is 5.90. The van der Waals surface area contributed by atoms with Crippen molar-refractivity contribution >= 4 is 44.8 Å². The lowest BCUT2D eigenvalue weighted by Crippen LogP contribution is -2.18. The molecule has 0 aromatic heterocycles. The van der Waals surface area contributed by atoms with Gasteiger partial charge in [0.2, 0.25) is 0 Å². The van der Waals surface area contributed by atoms with Gasteiger partial charge < -0.3 is 9.47 Å². The van der Waals surface area contributed by atoms with Crippen molar-refractivity contribution in [3.8, 4) is 11.5 Å². The minimum absolute atomic E-state index is 0.313. The van der Waals surface area contributed by atoms with Gasteiger partial charge in [-0.15, -0.1) is 0 Å². The van der Waals surface area contributed by atoms with Crippen molar-refractivity contribution < 1.29 is 19.1 Å². The fourth-order valence-electron chi connectivity index (χ4n) is 3.42. The normalized spacial score (nSPS) is 10.9. The molecule has 7 heteroatoms. The second-order valence-electron chi connectivity index (χ2n) is 7.67. The number of hydrogen-bond donors (Lipinski definition) is 1. The van der Waals surface area contributed by atoms with Crippen LogP contribution in [0.3, 0.4) is 0 Å². The maximum Gasteiger partial charge on any atom is 0.343 e. The molecule has 1 amide bonds. The highest BCUT2D eigenvalue weighted by atomic mass is 79.9. The molecule has 4 aromatic rings. The standard InChI is InChI=1S/C28H23BrN2O4/c1-2-16-34-23-13-10-20(11-14-23)28(33)35-26-15-12-22(29)17-21(26)18-30-31-27(32)25-9-5-7-19-6-3-4-8-24(19)25/h3-15,17-18H,2,16H2,1H3,(H,31,32)/b30-18-. The van der Waals surface area contributed by atoms with Gasteiger partial charge >= 0.3 is 5.97 Å². The van der Waals surface area contributed by atoms with Gasteiger partial charge in [0, 0.05) is 15.6 Å². The third kappa shape index (κ3) is 6.13. The van der Waals surface area contributed by atoms with E-state index in [9.17, 15) is 9.59 Å². The van der Waals surface area contributed by atoms with Gasteiger partial charge in [-0.05, 0) is 65.7 Å². The zero-order chi connectivity index (χ0) is 24.6. The predicted octanol–water partition coefficient (Wildman–Crippen LogP) is 6.37. The first-order valence-electron chi connectivity index (χ1n) is 11.1. The second kappa shape index (κ2) is 11.4. The van der Waals surface area contributed by atoms with Gasteiger partial charge in [0.15, 0.2) is 0 Å². The van der Waals surface area contributed by atoms with Crippen molar-refractivity contribution in [2.75, 3.05) is 6.61 Å². The molecule has 0 saturated carbocycles. The lowest BCUT2D eigenvalue weighted by molar-refractivity contribution is 0.0734. The van der Waals surface area contributed by atoms with Gasteiger partial charge in [-0.2, -0.15) is 5.10 Å². The van der Waals surface area contributed by atoms with E-state index in [-0.39, 0.29) is 5.91 Å². The monoisotopic (exact) mass is 530 g/mol. The molecule has 0 aliphatic heterocycles. The Kier molecular flexibility index (Phi) is 7.90. The molecule has 0 atom stereocenters. The first kappa shape index (κ1) is 24.2. The summed E-state index contributed by atoms with van der Waals surface area (Å²) in [4.78, 5) is 25.4. The Morgan fingerprint density at radius 1 is 0.971 bits per heavy atom. The summed E-state index contributed by atoms with van der Waals surface area (Å²) in [5.41, 5.74) is 3.99. The lowest BCUT2D eigenvalue weighted by atomic mass is 10.0. The number of ether oxygens (including phenoxy) is 2. The minimum Gasteiger partial charge on any atom is -0.494 e. The van der Waals surface area contributed by atoms with Crippen molar-refractivity contribution in [3.05, 3.63) is 106 Å². The highest BCUT2D eigenvalue weighted by Crippen LogP contribution is 2.24.